The number of hydrogen-bond donors (Lipinski definition) is 1. The van der Waals surface area contributed by atoms with Crippen molar-refractivity contribution in [3.8, 4) is 0 Å². The zero-order valence-corrected chi connectivity index (χ0v) is 23.4. The summed E-state index contributed by atoms with van der Waals surface area (Å²) >= 11 is 0. The lowest BCUT2D eigenvalue weighted by atomic mass is 10.0. The summed E-state index contributed by atoms with van der Waals surface area (Å²) in [5, 5.41) is 3.31. The maximum atomic E-state index is 13.6. The number of benzene rings is 1. The summed E-state index contributed by atoms with van der Waals surface area (Å²) in [6.45, 7) is 13.8. The highest BCUT2D eigenvalue weighted by molar-refractivity contribution is 6.01. The standard InChI is InChI=1S/C28H38FN5.C2H6/c1-7-9-10-17-30-28-31-18-16-26(33-28)22(4)27(24-12-14-25(29)15-13-24)32-21(3)19-23(11-8-2)20-34(5)6;1-2/h8,11-16,18-19H,7,9-10,17,20H2,1-6H3,(H,30,31,33);1-2H3/b11-8-,23-19+,27-22+,32-21+;. The van der Waals surface area contributed by atoms with Crippen molar-refractivity contribution in [2.75, 3.05) is 32.5 Å². The number of unbranched alkanes of at least 4 members (excludes halogenated alkanes) is 2. The summed E-state index contributed by atoms with van der Waals surface area (Å²) in [5.74, 6) is 0.330. The van der Waals surface area contributed by atoms with E-state index in [1.54, 1.807) is 18.3 Å². The Labute approximate surface area is 218 Å². The molecule has 1 N–H and O–H groups in total. The molecule has 0 aliphatic carbocycles. The van der Waals surface area contributed by atoms with Crippen LogP contribution in [0.25, 0.3) is 11.3 Å². The molecule has 0 atom stereocenters. The average molecular weight is 494 g/mol. The monoisotopic (exact) mass is 493 g/mol. The van der Waals surface area contributed by atoms with Gasteiger partial charge in [0.2, 0.25) is 5.95 Å². The minimum absolute atomic E-state index is 0.275. The molecule has 1 heterocycles. The molecule has 0 radical (unpaired) electrons. The molecule has 0 saturated heterocycles. The smallest absolute Gasteiger partial charge is 0.223 e. The van der Waals surface area contributed by atoms with Gasteiger partial charge in [0.1, 0.15) is 5.82 Å². The molecule has 1 aromatic heterocycles. The van der Waals surface area contributed by atoms with E-state index in [2.05, 4.69) is 34.3 Å². The lowest BCUT2D eigenvalue weighted by Gasteiger charge is -2.12. The summed E-state index contributed by atoms with van der Waals surface area (Å²) in [4.78, 5) is 16.2. The molecule has 196 valence electrons. The normalized spacial score (nSPS) is 12.9. The molecule has 0 unspecified atom stereocenters. The number of nitrogens with one attached hydrogen (secondary N) is 1. The lowest BCUT2D eigenvalue weighted by Crippen LogP contribution is -2.14. The summed E-state index contributed by atoms with van der Waals surface area (Å²) < 4.78 is 13.6. The molecule has 1 aromatic carbocycles. The molecule has 0 aliphatic rings. The van der Waals surface area contributed by atoms with Gasteiger partial charge < -0.3 is 10.2 Å². The Hall–Kier alpha value is -3.12. The van der Waals surface area contributed by atoms with Crippen LogP contribution in [0, 0.1) is 5.82 Å². The third-order valence-corrected chi connectivity index (χ3v) is 5.14. The van der Waals surface area contributed by atoms with E-state index in [0.29, 0.717) is 5.95 Å². The van der Waals surface area contributed by atoms with Crippen molar-refractivity contribution >= 4 is 22.9 Å². The average Bonchev–Trinajstić information content (AvgIpc) is 2.86. The highest BCUT2D eigenvalue weighted by atomic mass is 19.1. The molecule has 2 aromatic rings. The molecule has 0 amide bonds. The maximum Gasteiger partial charge on any atom is 0.223 e. The SMILES string of the molecule is CC.C\C=C/C(=C\C(C)=N\C(=C(/C)c1ccnc(NCCCCC)n1)c1ccc(F)cc1)CN(C)C. The minimum Gasteiger partial charge on any atom is -0.354 e. The number of aromatic nitrogens is 2. The quantitative estimate of drug-likeness (QED) is 0.187. The van der Waals surface area contributed by atoms with Gasteiger partial charge in [-0.3, -0.25) is 4.99 Å². The zero-order valence-electron chi connectivity index (χ0n) is 23.4. The first-order chi connectivity index (χ1) is 17.3. The van der Waals surface area contributed by atoms with Gasteiger partial charge in [-0.2, -0.15) is 0 Å². The van der Waals surface area contributed by atoms with Crippen LogP contribution in [0.5, 0.6) is 0 Å². The van der Waals surface area contributed by atoms with Gasteiger partial charge in [-0.25, -0.2) is 14.4 Å². The molecule has 2 rings (SSSR count). The van der Waals surface area contributed by atoms with Crippen molar-refractivity contribution in [3.05, 3.63) is 77.4 Å². The van der Waals surface area contributed by atoms with Gasteiger partial charge in [0.05, 0.1) is 11.4 Å². The van der Waals surface area contributed by atoms with E-state index in [9.17, 15) is 4.39 Å². The highest BCUT2D eigenvalue weighted by Gasteiger charge is 2.11. The fraction of sp³-hybridized carbons (Fsp3) is 0.433. The van der Waals surface area contributed by atoms with Crippen LogP contribution >= 0.6 is 0 Å². The third-order valence-electron chi connectivity index (χ3n) is 5.14. The fourth-order valence-corrected chi connectivity index (χ4v) is 3.52. The molecule has 0 saturated carbocycles. The molecular formula is C30H44FN5. The van der Waals surface area contributed by atoms with E-state index in [0.717, 1.165) is 53.3 Å². The first-order valence-electron chi connectivity index (χ1n) is 12.9. The van der Waals surface area contributed by atoms with E-state index in [1.807, 2.05) is 60.9 Å². The van der Waals surface area contributed by atoms with Crippen molar-refractivity contribution in [1.82, 2.24) is 14.9 Å². The Balaban J connectivity index is 0.00000316. The second-order valence-electron chi connectivity index (χ2n) is 8.59. The van der Waals surface area contributed by atoms with Crippen LogP contribution in [0.15, 0.2) is 65.3 Å². The first kappa shape index (κ1) is 30.9. The van der Waals surface area contributed by atoms with Crippen LogP contribution in [0.4, 0.5) is 10.3 Å². The summed E-state index contributed by atoms with van der Waals surface area (Å²) in [5.41, 5.74) is 5.30. The molecule has 0 spiro atoms. The molecule has 0 bridgehead atoms. The van der Waals surface area contributed by atoms with Crippen LogP contribution < -0.4 is 5.32 Å². The summed E-state index contributed by atoms with van der Waals surface area (Å²) in [6, 6.07) is 8.32. The lowest BCUT2D eigenvalue weighted by molar-refractivity contribution is 0.449. The van der Waals surface area contributed by atoms with Gasteiger partial charge in [0.25, 0.3) is 0 Å². The molecule has 5 nitrogen and oxygen atoms in total. The van der Waals surface area contributed by atoms with E-state index in [1.165, 1.54) is 25.0 Å². The van der Waals surface area contributed by atoms with E-state index in [-0.39, 0.29) is 5.82 Å². The van der Waals surface area contributed by atoms with E-state index >= 15 is 0 Å². The number of likely N-dealkylation sites (N-methyl/N-ethyl adjacent to an activating group) is 1. The predicted octanol–water partition coefficient (Wildman–Crippen LogP) is 7.66. The molecule has 36 heavy (non-hydrogen) atoms. The van der Waals surface area contributed by atoms with Gasteiger partial charge >= 0.3 is 0 Å². The van der Waals surface area contributed by atoms with Crippen molar-refractivity contribution < 1.29 is 4.39 Å². The van der Waals surface area contributed by atoms with E-state index < -0.39 is 0 Å². The Morgan fingerprint density at radius 2 is 1.78 bits per heavy atom. The Morgan fingerprint density at radius 1 is 1.08 bits per heavy atom. The summed E-state index contributed by atoms with van der Waals surface area (Å²) in [7, 11) is 4.08. The topological polar surface area (TPSA) is 53.4 Å². The van der Waals surface area contributed by atoms with Gasteiger partial charge in [-0.1, -0.05) is 45.8 Å². The van der Waals surface area contributed by atoms with Crippen molar-refractivity contribution in [1.29, 1.82) is 0 Å². The Morgan fingerprint density at radius 3 is 2.39 bits per heavy atom. The Kier molecular flexibility index (Phi) is 14.9. The largest absolute Gasteiger partial charge is 0.354 e. The van der Waals surface area contributed by atoms with Gasteiger partial charge in [0, 0.05) is 36.1 Å². The zero-order chi connectivity index (χ0) is 26.9. The molecule has 6 heteroatoms. The van der Waals surface area contributed by atoms with Crippen LogP contribution in [0.1, 0.15) is 72.1 Å². The number of halogens is 1. The number of hydrogen-bond acceptors (Lipinski definition) is 5. The van der Waals surface area contributed by atoms with Crippen molar-refractivity contribution in [3.63, 3.8) is 0 Å². The number of aliphatic imine (C=N–C) groups is 1. The van der Waals surface area contributed by atoms with Gasteiger partial charge in [0.15, 0.2) is 0 Å². The maximum absolute atomic E-state index is 13.6. The predicted molar refractivity (Wildman–Crippen MR) is 155 cm³/mol. The summed E-state index contributed by atoms with van der Waals surface area (Å²) in [6.07, 6.45) is 11.4. The van der Waals surface area contributed by atoms with Crippen molar-refractivity contribution in [2.24, 2.45) is 4.99 Å². The number of nitrogens with zero attached hydrogens (tertiary/aromatic N) is 4. The minimum atomic E-state index is -0.275. The van der Waals surface area contributed by atoms with Crippen LogP contribution in [-0.4, -0.2) is 47.8 Å². The molecular weight excluding hydrogens is 449 g/mol. The number of allylic oxidation sites excluding steroid dienone is 3. The van der Waals surface area contributed by atoms with Crippen molar-refractivity contribution in [2.45, 2.75) is 60.8 Å². The number of anilines is 1. The van der Waals surface area contributed by atoms with E-state index in [4.69, 9.17) is 9.98 Å². The first-order valence-corrected chi connectivity index (χ1v) is 12.9. The van der Waals surface area contributed by atoms with Crippen LogP contribution in [-0.2, 0) is 0 Å². The Bertz CT molecular complexity index is 1030. The second kappa shape index (κ2) is 17.3. The number of rotatable bonds is 12. The fourth-order valence-electron chi connectivity index (χ4n) is 3.52. The third kappa shape index (κ3) is 11.1. The van der Waals surface area contributed by atoms with Crippen LogP contribution in [0.2, 0.25) is 0 Å². The van der Waals surface area contributed by atoms with Crippen LogP contribution in [0.3, 0.4) is 0 Å². The second-order valence-corrected chi connectivity index (χ2v) is 8.59. The van der Waals surface area contributed by atoms with Gasteiger partial charge in [-0.05, 0) is 83.3 Å². The van der Waals surface area contributed by atoms with Gasteiger partial charge in [-0.15, -0.1) is 0 Å². The molecule has 0 aliphatic heterocycles. The highest BCUT2D eigenvalue weighted by Crippen LogP contribution is 2.27. The molecule has 0 fully saturated rings.